The first-order valence-corrected chi connectivity index (χ1v) is 11.4. The predicted molar refractivity (Wildman–Crippen MR) is 113 cm³/mol. The molecule has 1 aliphatic carbocycles. The van der Waals surface area contributed by atoms with Gasteiger partial charge in [0.15, 0.2) is 0 Å². The second kappa shape index (κ2) is 9.13. The first-order valence-electron chi connectivity index (χ1n) is 11.4. The molecule has 0 spiro atoms. The molecule has 1 saturated carbocycles. The molecule has 178 valence electrons. The molecule has 3 fully saturated rings. The number of hydrogen-bond acceptors (Lipinski definition) is 6. The third-order valence-electron chi connectivity index (χ3n) is 7.13. The van der Waals surface area contributed by atoms with Crippen molar-refractivity contribution in [3.63, 3.8) is 0 Å². The lowest BCUT2D eigenvalue weighted by Gasteiger charge is -2.39. The summed E-state index contributed by atoms with van der Waals surface area (Å²) in [6, 6.07) is 1.63. The van der Waals surface area contributed by atoms with E-state index < -0.39 is 17.3 Å². The normalized spacial score (nSPS) is 31.7. The molecule has 2 aliphatic heterocycles. The van der Waals surface area contributed by atoms with E-state index in [9.17, 15) is 18.0 Å². The van der Waals surface area contributed by atoms with Crippen molar-refractivity contribution in [3.05, 3.63) is 18.0 Å². The van der Waals surface area contributed by atoms with Gasteiger partial charge < -0.3 is 19.9 Å². The molecule has 4 rings (SSSR count). The van der Waals surface area contributed by atoms with E-state index in [1.54, 1.807) is 4.90 Å². The summed E-state index contributed by atoms with van der Waals surface area (Å²) in [5, 5.41) is 3.76. The third-order valence-corrected chi connectivity index (χ3v) is 7.13. The van der Waals surface area contributed by atoms with Crippen LogP contribution in [0.3, 0.4) is 0 Å². The SMILES string of the molecule is CC1COCC[C@H]1N[C@@H]1CC[C@](C)(C(=O)N2CCN(c3nccc(C(F)(F)F)n3)CC2)C1. The molecular weight excluding hydrogens is 423 g/mol. The van der Waals surface area contributed by atoms with Gasteiger partial charge in [-0.1, -0.05) is 13.8 Å². The van der Waals surface area contributed by atoms with Crippen LogP contribution in [0.1, 0.15) is 45.2 Å². The number of rotatable bonds is 4. The van der Waals surface area contributed by atoms with Crippen LogP contribution >= 0.6 is 0 Å². The monoisotopic (exact) mass is 455 g/mol. The van der Waals surface area contributed by atoms with Crippen molar-refractivity contribution in [2.75, 3.05) is 44.3 Å². The Balaban J connectivity index is 1.31. The lowest BCUT2D eigenvalue weighted by Crippen LogP contribution is -2.53. The van der Waals surface area contributed by atoms with Crippen LogP contribution in [0.25, 0.3) is 0 Å². The minimum Gasteiger partial charge on any atom is -0.381 e. The molecule has 1 aromatic rings. The smallest absolute Gasteiger partial charge is 0.381 e. The number of carbonyl (C=O) groups is 1. The fourth-order valence-electron chi connectivity index (χ4n) is 5.16. The summed E-state index contributed by atoms with van der Waals surface area (Å²) in [6.07, 6.45) is 0.269. The number of ether oxygens (including phenoxy) is 1. The van der Waals surface area contributed by atoms with E-state index in [-0.39, 0.29) is 11.9 Å². The summed E-state index contributed by atoms with van der Waals surface area (Å²) in [5.74, 6) is 0.678. The zero-order valence-electron chi connectivity index (χ0n) is 18.7. The summed E-state index contributed by atoms with van der Waals surface area (Å²) in [4.78, 5) is 24.6. The average Bonchev–Trinajstić information content (AvgIpc) is 3.16. The van der Waals surface area contributed by atoms with Crippen LogP contribution in [-0.2, 0) is 15.7 Å². The minimum atomic E-state index is -4.50. The maximum atomic E-state index is 13.3. The second-order valence-electron chi connectivity index (χ2n) is 9.63. The van der Waals surface area contributed by atoms with Crippen molar-refractivity contribution < 1.29 is 22.7 Å². The molecule has 7 nitrogen and oxygen atoms in total. The number of piperazine rings is 1. The molecule has 4 atom stereocenters. The van der Waals surface area contributed by atoms with Gasteiger partial charge in [0.25, 0.3) is 0 Å². The van der Waals surface area contributed by atoms with Crippen LogP contribution in [0.5, 0.6) is 0 Å². The molecule has 2 saturated heterocycles. The van der Waals surface area contributed by atoms with Crippen LogP contribution < -0.4 is 10.2 Å². The molecule has 0 aromatic carbocycles. The first-order chi connectivity index (χ1) is 15.2. The Morgan fingerprint density at radius 2 is 2.00 bits per heavy atom. The molecule has 1 aromatic heterocycles. The number of hydrogen-bond donors (Lipinski definition) is 1. The van der Waals surface area contributed by atoms with Crippen molar-refractivity contribution in [2.45, 2.75) is 57.8 Å². The number of nitrogens with one attached hydrogen (secondary N) is 1. The predicted octanol–water partition coefficient (Wildman–Crippen LogP) is 2.72. The Hall–Kier alpha value is -1.94. The van der Waals surface area contributed by atoms with Crippen LogP contribution in [0.4, 0.5) is 19.1 Å². The lowest BCUT2D eigenvalue weighted by atomic mass is 9.86. The van der Waals surface area contributed by atoms with E-state index in [4.69, 9.17) is 4.74 Å². The van der Waals surface area contributed by atoms with Crippen molar-refractivity contribution >= 4 is 11.9 Å². The van der Waals surface area contributed by atoms with Crippen molar-refractivity contribution in [1.82, 2.24) is 20.2 Å². The Morgan fingerprint density at radius 1 is 1.25 bits per heavy atom. The fourth-order valence-corrected chi connectivity index (χ4v) is 5.16. The van der Waals surface area contributed by atoms with Crippen LogP contribution in [0.15, 0.2) is 12.3 Å². The number of carbonyl (C=O) groups excluding carboxylic acids is 1. The molecule has 1 unspecified atom stereocenters. The third kappa shape index (κ3) is 5.01. The molecule has 10 heteroatoms. The number of anilines is 1. The maximum absolute atomic E-state index is 13.3. The van der Waals surface area contributed by atoms with Gasteiger partial charge in [-0.15, -0.1) is 0 Å². The highest BCUT2D eigenvalue weighted by atomic mass is 19.4. The molecule has 0 radical (unpaired) electrons. The zero-order valence-corrected chi connectivity index (χ0v) is 18.7. The molecular formula is C22H32F3N5O2. The van der Waals surface area contributed by atoms with Crippen molar-refractivity contribution in [3.8, 4) is 0 Å². The van der Waals surface area contributed by atoms with E-state index in [1.165, 1.54) is 0 Å². The summed E-state index contributed by atoms with van der Waals surface area (Å²) in [5.41, 5.74) is -1.35. The molecule has 1 N–H and O–H groups in total. The van der Waals surface area contributed by atoms with E-state index in [1.807, 2.05) is 11.8 Å². The summed E-state index contributed by atoms with van der Waals surface area (Å²) in [6.45, 7) is 7.57. The molecule has 3 heterocycles. The van der Waals surface area contributed by atoms with Gasteiger partial charge in [0.2, 0.25) is 11.9 Å². The fraction of sp³-hybridized carbons (Fsp3) is 0.773. The topological polar surface area (TPSA) is 70.6 Å². The highest BCUT2D eigenvalue weighted by molar-refractivity contribution is 5.83. The average molecular weight is 456 g/mol. The first kappa shape index (κ1) is 23.2. The van der Waals surface area contributed by atoms with E-state index >= 15 is 0 Å². The molecule has 3 aliphatic rings. The Kier molecular flexibility index (Phi) is 6.63. The lowest BCUT2D eigenvalue weighted by molar-refractivity contribution is -0.141. The Bertz CT molecular complexity index is 815. The number of halogens is 3. The van der Waals surface area contributed by atoms with E-state index in [2.05, 4.69) is 22.2 Å². The van der Waals surface area contributed by atoms with Crippen molar-refractivity contribution in [2.24, 2.45) is 11.3 Å². The van der Waals surface area contributed by atoms with Gasteiger partial charge in [0.05, 0.1) is 6.61 Å². The zero-order chi connectivity index (χ0) is 22.9. The van der Waals surface area contributed by atoms with Gasteiger partial charge in [-0.3, -0.25) is 4.79 Å². The van der Waals surface area contributed by atoms with Gasteiger partial charge in [0.1, 0.15) is 5.69 Å². The quantitative estimate of drug-likeness (QED) is 0.753. The van der Waals surface area contributed by atoms with Gasteiger partial charge in [-0.2, -0.15) is 13.2 Å². The molecule has 32 heavy (non-hydrogen) atoms. The van der Waals surface area contributed by atoms with Crippen LogP contribution in [0, 0.1) is 11.3 Å². The minimum absolute atomic E-state index is 0.0637. The summed E-state index contributed by atoms with van der Waals surface area (Å²) >= 11 is 0. The number of nitrogens with zero attached hydrogens (tertiary/aromatic N) is 4. The van der Waals surface area contributed by atoms with E-state index in [0.717, 1.165) is 51.2 Å². The van der Waals surface area contributed by atoms with Gasteiger partial charge >= 0.3 is 6.18 Å². The number of amides is 1. The Labute approximate surface area is 186 Å². The summed E-state index contributed by atoms with van der Waals surface area (Å²) in [7, 11) is 0. The highest BCUT2D eigenvalue weighted by Gasteiger charge is 2.44. The van der Waals surface area contributed by atoms with Gasteiger partial charge in [0, 0.05) is 56.5 Å². The number of aromatic nitrogens is 2. The van der Waals surface area contributed by atoms with Gasteiger partial charge in [-0.25, -0.2) is 9.97 Å². The van der Waals surface area contributed by atoms with Crippen LogP contribution in [-0.4, -0.2) is 72.3 Å². The summed E-state index contributed by atoms with van der Waals surface area (Å²) < 4.78 is 44.4. The van der Waals surface area contributed by atoms with Crippen molar-refractivity contribution in [1.29, 1.82) is 0 Å². The highest BCUT2D eigenvalue weighted by Crippen LogP contribution is 2.40. The van der Waals surface area contributed by atoms with Crippen LogP contribution in [0.2, 0.25) is 0 Å². The molecule has 0 bridgehead atoms. The second-order valence-corrected chi connectivity index (χ2v) is 9.63. The number of alkyl halides is 3. The standard InChI is InChI=1S/C22H32F3N5O2/c1-15-14-32-12-5-17(15)27-16-3-6-21(2,13-16)19(31)29-8-10-30(11-9-29)20-26-7-4-18(28-20)22(23,24)25/h4,7,15-17,27H,3,5-6,8-14H2,1-2H3/t15?,16-,17-,21+/m1/s1. The largest absolute Gasteiger partial charge is 0.433 e. The van der Waals surface area contributed by atoms with E-state index in [0.29, 0.717) is 44.2 Å². The molecule has 1 amide bonds. The Morgan fingerprint density at radius 3 is 2.69 bits per heavy atom. The maximum Gasteiger partial charge on any atom is 0.433 e. The van der Waals surface area contributed by atoms with Gasteiger partial charge in [-0.05, 0) is 37.7 Å².